The minimum atomic E-state index is 0.400. The molecule has 0 aliphatic carbocycles. The Morgan fingerprint density at radius 3 is 2.85 bits per heavy atom. The number of rotatable bonds is 6. The van der Waals surface area contributed by atoms with Crippen LogP contribution in [0.2, 0.25) is 0 Å². The summed E-state index contributed by atoms with van der Waals surface area (Å²) in [5.41, 5.74) is 10.5. The molecular formula is C19H19BN4O2. The van der Waals surface area contributed by atoms with Gasteiger partial charge in [0.05, 0.1) is 29.1 Å². The molecule has 7 heteroatoms. The molecule has 0 amide bonds. The van der Waals surface area contributed by atoms with Gasteiger partial charge in [-0.05, 0) is 18.2 Å². The predicted molar refractivity (Wildman–Crippen MR) is 106 cm³/mol. The van der Waals surface area contributed by atoms with Gasteiger partial charge in [0.1, 0.15) is 26.3 Å². The molecule has 0 spiro atoms. The zero-order chi connectivity index (χ0) is 18.5. The molecule has 3 aromatic rings. The van der Waals surface area contributed by atoms with E-state index in [9.17, 15) is 5.26 Å². The van der Waals surface area contributed by atoms with Gasteiger partial charge < -0.3 is 20.5 Å². The SMILES string of the molecule is Bc1cccc(Nc2c(C#N)cnc3cc(OCCOC)c(N)cc23)c1. The fourth-order valence-electron chi connectivity index (χ4n) is 2.68. The maximum absolute atomic E-state index is 9.48. The van der Waals surface area contributed by atoms with Crippen molar-refractivity contribution in [2.45, 2.75) is 0 Å². The number of hydrogen-bond donors (Lipinski definition) is 2. The van der Waals surface area contributed by atoms with E-state index in [-0.39, 0.29) is 0 Å². The van der Waals surface area contributed by atoms with Crippen LogP contribution in [0.5, 0.6) is 5.75 Å². The molecule has 1 aromatic heterocycles. The molecule has 0 radical (unpaired) electrons. The van der Waals surface area contributed by atoms with Crippen LogP contribution in [-0.2, 0) is 4.74 Å². The molecule has 2 aromatic carbocycles. The van der Waals surface area contributed by atoms with Gasteiger partial charge in [0, 0.05) is 30.4 Å². The third-order valence-corrected chi connectivity index (χ3v) is 3.95. The molecule has 0 aliphatic heterocycles. The maximum Gasteiger partial charge on any atom is 0.144 e. The van der Waals surface area contributed by atoms with Gasteiger partial charge in [-0.15, -0.1) is 0 Å². The summed E-state index contributed by atoms with van der Waals surface area (Å²) < 4.78 is 10.6. The number of hydrogen-bond acceptors (Lipinski definition) is 6. The fourth-order valence-corrected chi connectivity index (χ4v) is 2.68. The van der Waals surface area contributed by atoms with Crippen molar-refractivity contribution in [2.24, 2.45) is 0 Å². The van der Waals surface area contributed by atoms with Crippen LogP contribution in [0.15, 0.2) is 42.6 Å². The van der Waals surface area contributed by atoms with Crippen LogP contribution in [0.4, 0.5) is 17.1 Å². The van der Waals surface area contributed by atoms with Crippen LogP contribution in [0.25, 0.3) is 10.9 Å². The van der Waals surface area contributed by atoms with Gasteiger partial charge in [-0.2, -0.15) is 5.26 Å². The van der Waals surface area contributed by atoms with E-state index in [2.05, 4.69) is 16.4 Å². The second-order valence-corrected chi connectivity index (χ2v) is 5.90. The van der Waals surface area contributed by atoms with Gasteiger partial charge >= 0.3 is 0 Å². The van der Waals surface area contributed by atoms with Crippen molar-refractivity contribution in [3.8, 4) is 11.8 Å². The number of nitrogens with one attached hydrogen (secondary N) is 1. The number of nitrogens with two attached hydrogens (primary N) is 1. The monoisotopic (exact) mass is 346 g/mol. The summed E-state index contributed by atoms with van der Waals surface area (Å²) in [4.78, 5) is 4.37. The number of fused-ring (bicyclic) bond motifs is 1. The summed E-state index contributed by atoms with van der Waals surface area (Å²) in [5.74, 6) is 0.549. The highest BCUT2D eigenvalue weighted by Gasteiger charge is 2.13. The standard InChI is InChI=1S/C19H19BN4O2/c1-25-5-6-26-18-9-17-15(8-16(18)22)19(12(10-21)11-23-17)24-14-4-2-3-13(20)7-14/h2-4,7-9,11H,5-6,20,22H2,1H3,(H,23,24). The first kappa shape index (κ1) is 17.6. The highest BCUT2D eigenvalue weighted by atomic mass is 16.5. The molecule has 0 fully saturated rings. The van der Waals surface area contributed by atoms with Gasteiger partial charge in [-0.1, -0.05) is 17.6 Å². The molecule has 6 nitrogen and oxygen atoms in total. The van der Waals surface area contributed by atoms with Gasteiger partial charge in [0.15, 0.2) is 0 Å². The van der Waals surface area contributed by atoms with E-state index in [4.69, 9.17) is 15.2 Å². The summed E-state index contributed by atoms with van der Waals surface area (Å²) in [7, 11) is 3.63. The molecule has 0 unspecified atom stereocenters. The lowest BCUT2D eigenvalue weighted by Gasteiger charge is -2.14. The number of nitrogen functional groups attached to an aromatic ring is 1. The van der Waals surface area contributed by atoms with E-state index in [1.807, 2.05) is 32.1 Å². The highest BCUT2D eigenvalue weighted by molar-refractivity contribution is 6.32. The summed E-state index contributed by atoms with van der Waals surface area (Å²) >= 11 is 0. The second-order valence-electron chi connectivity index (χ2n) is 5.90. The third kappa shape index (κ3) is 3.71. The Morgan fingerprint density at radius 1 is 1.27 bits per heavy atom. The minimum absolute atomic E-state index is 0.400. The lowest BCUT2D eigenvalue weighted by atomic mass is 9.96. The summed E-state index contributed by atoms with van der Waals surface area (Å²) in [6.45, 7) is 0.870. The number of nitrogens with zero attached hydrogens (tertiary/aromatic N) is 2. The van der Waals surface area contributed by atoms with E-state index >= 15 is 0 Å². The molecule has 0 saturated carbocycles. The Balaban J connectivity index is 2.05. The molecule has 1 heterocycles. The molecular weight excluding hydrogens is 327 g/mol. The van der Waals surface area contributed by atoms with Gasteiger partial charge in [-0.25, -0.2) is 0 Å². The molecule has 0 bridgehead atoms. The molecule has 0 atom stereocenters. The van der Waals surface area contributed by atoms with Gasteiger partial charge in [0.2, 0.25) is 0 Å². The molecule has 0 aliphatic rings. The second kappa shape index (κ2) is 7.76. The number of anilines is 3. The maximum atomic E-state index is 9.48. The third-order valence-electron chi connectivity index (χ3n) is 3.95. The Morgan fingerprint density at radius 2 is 2.12 bits per heavy atom. The molecule has 0 saturated heterocycles. The van der Waals surface area contributed by atoms with Crippen LogP contribution in [0, 0.1) is 11.3 Å². The van der Waals surface area contributed by atoms with E-state index in [0.29, 0.717) is 41.4 Å². The Labute approximate surface area is 153 Å². The van der Waals surface area contributed by atoms with Crippen LogP contribution >= 0.6 is 0 Å². The summed E-state index contributed by atoms with van der Waals surface area (Å²) in [5, 5.41) is 13.6. The fraction of sp³-hybridized carbons (Fsp3) is 0.158. The van der Waals surface area contributed by atoms with Gasteiger partial charge in [0.25, 0.3) is 0 Å². The number of pyridine rings is 1. The zero-order valence-corrected chi connectivity index (χ0v) is 14.7. The number of methoxy groups -OCH3 is 1. The lowest BCUT2D eigenvalue weighted by molar-refractivity contribution is 0.147. The largest absolute Gasteiger partial charge is 0.489 e. The normalized spacial score (nSPS) is 10.5. The molecule has 26 heavy (non-hydrogen) atoms. The van der Waals surface area contributed by atoms with Crippen LogP contribution in [0.3, 0.4) is 0 Å². The number of nitriles is 1. The average molecular weight is 346 g/mol. The summed E-state index contributed by atoms with van der Waals surface area (Å²) in [6, 6.07) is 13.7. The Kier molecular flexibility index (Phi) is 5.25. The van der Waals surface area contributed by atoms with Crippen molar-refractivity contribution >= 4 is 41.3 Å². The quantitative estimate of drug-likeness (QED) is 0.401. The molecule has 3 rings (SSSR count). The summed E-state index contributed by atoms with van der Waals surface area (Å²) in [6.07, 6.45) is 1.55. The van der Waals surface area contributed by atoms with Crippen LogP contribution < -0.4 is 21.3 Å². The van der Waals surface area contributed by atoms with Crippen molar-refractivity contribution < 1.29 is 9.47 Å². The van der Waals surface area contributed by atoms with Crippen LogP contribution in [0.1, 0.15) is 5.56 Å². The number of ether oxygens (including phenoxy) is 2. The first-order chi connectivity index (χ1) is 12.6. The molecule has 3 N–H and O–H groups in total. The Bertz CT molecular complexity index is 985. The van der Waals surface area contributed by atoms with Crippen molar-refractivity contribution in [1.29, 1.82) is 5.26 Å². The van der Waals surface area contributed by atoms with E-state index in [0.717, 1.165) is 16.5 Å². The van der Waals surface area contributed by atoms with E-state index in [1.165, 1.54) is 0 Å². The van der Waals surface area contributed by atoms with Crippen molar-refractivity contribution in [3.63, 3.8) is 0 Å². The van der Waals surface area contributed by atoms with Crippen molar-refractivity contribution in [3.05, 3.63) is 48.2 Å². The first-order valence-electron chi connectivity index (χ1n) is 8.20. The topological polar surface area (TPSA) is 93.2 Å². The van der Waals surface area contributed by atoms with Crippen molar-refractivity contribution in [2.75, 3.05) is 31.4 Å². The zero-order valence-electron chi connectivity index (χ0n) is 14.7. The average Bonchev–Trinajstić information content (AvgIpc) is 2.63. The Hall–Kier alpha value is -3.24. The number of benzene rings is 2. The smallest absolute Gasteiger partial charge is 0.144 e. The number of aromatic nitrogens is 1. The van der Waals surface area contributed by atoms with Crippen molar-refractivity contribution in [1.82, 2.24) is 4.98 Å². The van der Waals surface area contributed by atoms with E-state index in [1.54, 1.807) is 25.4 Å². The van der Waals surface area contributed by atoms with Gasteiger partial charge in [-0.3, -0.25) is 4.98 Å². The lowest BCUT2D eigenvalue weighted by Crippen LogP contribution is -2.06. The van der Waals surface area contributed by atoms with E-state index < -0.39 is 0 Å². The van der Waals surface area contributed by atoms with Crippen LogP contribution in [-0.4, -0.2) is 33.2 Å². The highest BCUT2D eigenvalue weighted by Crippen LogP contribution is 2.34. The first-order valence-corrected chi connectivity index (χ1v) is 8.20. The minimum Gasteiger partial charge on any atom is -0.489 e. The predicted octanol–water partition coefficient (Wildman–Crippen LogP) is 1.72. The molecule has 130 valence electrons.